The lowest BCUT2D eigenvalue weighted by atomic mass is 10.3. The van der Waals surface area contributed by atoms with Crippen LogP contribution < -0.4 is 0 Å². The summed E-state index contributed by atoms with van der Waals surface area (Å²) in [5, 5.41) is 4.26. The van der Waals surface area contributed by atoms with Gasteiger partial charge < -0.3 is 9.55 Å². The first kappa shape index (κ1) is 12.0. The van der Waals surface area contributed by atoms with E-state index < -0.39 is 0 Å². The predicted octanol–water partition coefficient (Wildman–Crippen LogP) is 1.77. The van der Waals surface area contributed by atoms with Crippen LogP contribution in [0, 0.1) is 11.7 Å². The van der Waals surface area contributed by atoms with Gasteiger partial charge in [-0.1, -0.05) is 0 Å². The molecule has 0 aromatic carbocycles. The molecule has 0 amide bonds. The van der Waals surface area contributed by atoms with Crippen molar-refractivity contribution in [3.8, 4) is 0 Å². The molecule has 0 aliphatic heterocycles. The third-order valence-corrected chi connectivity index (χ3v) is 3.27. The number of hydrogen-bond donors (Lipinski definition) is 1. The molecular formula is C12H14N6S. The van der Waals surface area contributed by atoms with Gasteiger partial charge in [0, 0.05) is 26.2 Å². The van der Waals surface area contributed by atoms with Gasteiger partial charge >= 0.3 is 0 Å². The number of hydrogen-bond acceptors (Lipinski definition) is 4. The van der Waals surface area contributed by atoms with Crippen molar-refractivity contribution in [3.63, 3.8) is 0 Å². The molecule has 3 rings (SSSR count). The molecule has 98 valence electrons. The van der Waals surface area contributed by atoms with Gasteiger partial charge in [0.05, 0.1) is 5.52 Å². The van der Waals surface area contributed by atoms with Gasteiger partial charge in [0.2, 0.25) is 0 Å². The summed E-state index contributed by atoms with van der Waals surface area (Å²) in [7, 11) is 1.86. The van der Waals surface area contributed by atoms with E-state index in [1.54, 1.807) is 11.0 Å². The Labute approximate surface area is 115 Å². The largest absolute Gasteiger partial charge is 0.329 e. The fraction of sp³-hybridized carbons (Fsp3) is 0.333. The number of imidazole rings is 1. The van der Waals surface area contributed by atoms with Crippen molar-refractivity contribution in [2.24, 2.45) is 7.05 Å². The summed E-state index contributed by atoms with van der Waals surface area (Å²) in [6.45, 7) is 2.73. The van der Waals surface area contributed by atoms with Gasteiger partial charge in [0.1, 0.15) is 6.33 Å². The van der Waals surface area contributed by atoms with Crippen molar-refractivity contribution in [2.75, 3.05) is 0 Å². The van der Waals surface area contributed by atoms with Crippen LogP contribution in [-0.2, 0) is 20.0 Å². The molecule has 19 heavy (non-hydrogen) atoms. The van der Waals surface area contributed by atoms with Gasteiger partial charge in [-0.05, 0) is 30.8 Å². The summed E-state index contributed by atoms with van der Waals surface area (Å²) in [5.41, 5.74) is 2.97. The molecule has 0 bridgehead atoms. The maximum absolute atomic E-state index is 5.34. The van der Waals surface area contributed by atoms with E-state index in [1.165, 1.54) is 0 Å². The molecule has 0 aliphatic carbocycles. The third-order valence-electron chi connectivity index (χ3n) is 2.95. The molecule has 0 fully saturated rings. The molecule has 3 heterocycles. The molecule has 6 nitrogen and oxygen atoms in total. The Bertz CT molecular complexity index is 781. The minimum Gasteiger partial charge on any atom is -0.329 e. The van der Waals surface area contributed by atoms with Gasteiger partial charge in [0.15, 0.2) is 16.2 Å². The highest BCUT2D eigenvalue weighted by Gasteiger charge is 2.07. The van der Waals surface area contributed by atoms with Gasteiger partial charge in [-0.25, -0.2) is 9.97 Å². The summed E-state index contributed by atoms with van der Waals surface area (Å²) in [6.07, 6.45) is 4.28. The van der Waals surface area contributed by atoms with Crippen molar-refractivity contribution in [3.05, 3.63) is 34.7 Å². The lowest BCUT2D eigenvalue weighted by Gasteiger charge is -2.01. The van der Waals surface area contributed by atoms with E-state index in [4.69, 9.17) is 12.2 Å². The monoisotopic (exact) mass is 274 g/mol. The van der Waals surface area contributed by atoms with Crippen LogP contribution in [0.2, 0.25) is 0 Å². The van der Waals surface area contributed by atoms with E-state index in [9.17, 15) is 0 Å². The number of pyridine rings is 1. The van der Waals surface area contributed by atoms with Crippen LogP contribution in [0.1, 0.15) is 11.4 Å². The van der Waals surface area contributed by atoms with Gasteiger partial charge in [-0.3, -0.25) is 4.68 Å². The topological polar surface area (TPSA) is 64.3 Å². The SMILES string of the molecule is Cc1cnc2c(c1)[nH]c(=S)n2CCc1ncn(C)n1. The zero-order valence-corrected chi connectivity index (χ0v) is 11.6. The Kier molecular flexibility index (Phi) is 2.90. The van der Waals surface area contributed by atoms with E-state index in [-0.39, 0.29) is 0 Å². The van der Waals surface area contributed by atoms with Crippen LogP contribution in [0.5, 0.6) is 0 Å². The lowest BCUT2D eigenvalue weighted by Crippen LogP contribution is -2.04. The maximum Gasteiger partial charge on any atom is 0.179 e. The fourth-order valence-corrected chi connectivity index (χ4v) is 2.35. The average molecular weight is 274 g/mol. The second-order valence-corrected chi connectivity index (χ2v) is 4.94. The van der Waals surface area contributed by atoms with Gasteiger partial charge in [0.25, 0.3) is 0 Å². The number of rotatable bonds is 3. The first-order chi connectivity index (χ1) is 9.13. The number of H-pyrrole nitrogens is 1. The van der Waals surface area contributed by atoms with E-state index in [0.29, 0.717) is 4.77 Å². The van der Waals surface area contributed by atoms with Gasteiger partial charge in [-0.15, -0.1) is 0 Å². The van der Waals surface area contributed by atoms with Crippen LogP contribution in [0.15, 0.2) is 18.6 Å². The molecular weight excluding hydrogens is 260 g/mol. The minimum atomic E-state index is 0.684. The number of aromatic amines is 1. The molecule has 0 aliphatic rings. The predicted molar refractivity (Wildman–Crippen MR) is 74.4 cm³/mol. The fourth-order valence-electron chi connectivity index (χ4n) is 2.07. The molecule has 3 aromatic rings. The maximum atomic E-state index is 5.34. The second kappa shape index (κ2) is 4.58. The van der Waals surface area contributed by atoms with E-state index in [2.05, 4.69) is 20.1 Å². The second-order valence-electron chi connectivity index (χ2n) is 4.55. The van der Waals surface area contributed by atoms with Gasteiger partial charge in [-0.2, -0.15) is 5.10 Å². The molecule has 7 heteroatoms. The zero-order chi connectivity index (χ0) is 13.4. The molecule has 0 saturated carbocycles. The molecule has 1 N–H and O–H groups in total. The highest BCUT2D eigenvalue weighted by Crippen LogP contribution is 2.13. The average Bonchev–Trinajstić information content (AvgIpc) is 2.89. The lowest BCUT2D eigenvalue weighted by molar-refractivity contribution is 0.662. The Morgan fingerprint density at radius 1 is 1.37 bits per heavy atom. The minimum absolute atomic E-state index is 0.684. The summed E-state index contributed by atoms with van der Waals surface area (Å²) in [6, 6.07) is 2.05. The summed E-state index contributed by atoms with van der Waals surface area (Å²) >= 11 is 5.34. The Balaban J connectivity index is 1.92. The molecule has 0 radical (unpaired) electrons. The van der Waals surface area contributed by atoms with E-state index in [0.717, 1.165) is 35.5 Å². The number of aryl methyl sites for hydroxylation is 4. The third kappa shape index (κ3) is 2.28. The first-order valence-corrected chi connectivity index (χ1v) is 6.44. The number of nitrogens with zero attached hydrogens (tertiary/aromatic N) is 5. The quantitative estimate of drug-likeness (QED) is 0.739. The molecule has 0 unspecified atom stereocenters. The van der Waals surface area contributed by atoms with Crippen LogP contribution in [0.25, 0.3) is 11.2 Å². The molecule has 0 spiro atoms. The van der Waals surface area contributed by atoms with Crippen molar-refractivity contribution in [1.82, 2.24) is 29.3 Å². The van der Waals surface area contributed by atoms with Crippen LogP contribution in [0.4, 0.5) is 0 Å². The van der Waals surface area contributed by atoms with Crippen LogP contribution >= 0.6 is 12.2 Å². The number of fused-ring (bicyclic) bond motifs is 1. The summed E-state index contributed by atoms with van der Waals surface area (Å²) in [5.74, 6) is 0.811. The van der Waals surface area contributed by atoms with Crippen molar-refractivity contribution in [1.29, 1.82) is 0 Å². The standard InChI is InChI=1S/C12H14N6S/c1-8-5-9-11(13-6-8)18(12(19)15-9)4-3-10-14-7-17(2)16-10/h5-7H,3-4H2,1-2H3,(H,15,19). The number of aromatic nitrogens is 6. The zero-order valence-electron chi connectivity index (χ0n) is 10.8. The normalized spacial score (nSPS) is 11.3. The Morgan fingerprint density at radius 2 is 2.21 bits per heavy atom. The van der Waals surface area contributed by atoms with Crippen molar-refractivity contribution < 1.29 is 0 Å². The first-order valence-electron chi connectivity index (χ1n) is 6.03. The van der Waals surface area contributed by atoms with Crippen molar-refractivity contribution >= 4 is 23.4 Å². The molecule has 0 saturated heterocycles. The number of nitrogens with one attached hydrogen (secondary N) is 1. The van der Waals surface area contributed by atoms with Crippen molar-refractivity contribution in [2.45, 2.75) is 19.9 Å². The summed E-state index contributed by atoms with van der Waals surface area (Å²) < 4.78 is 4.37. The molecule has 3 aromatic heterocycles. The summed E-state index contributed by atoms with van der Waals surface area (Å²) in [4.78, 5) is 11.8. The van der Waals surface area contributed by atoms with Crippen LogP contribution in [0.3, 0.4) is 0 Å². The van der Waals surface area contributed by atoms with Crippen LogP contribution in [-0.4, -0.2) is 29.3 Å². The highest BCUT2D eigenvalue weighted by atomic mass is 32.1. The Hall–Kier alpha value is -2.02. The highest BCUT2D eigenvalue weighted by molar-refractivity contribution is 7.71. The van der Waals surface area contributed by atoms with E-state index in [1.807, 2.05) is 30.8 Å². The Morgan fingerprint density at radius 3 is 2.95 bits per heavy atom. The van der Waals surface area contributed by atoms with E-state index >= 15 is 0 Å². The molecule has 0 atom stereocenters. The smallest absolute Gasteiger partial charge is 0.179 e.